The number of nitrogens with two attached hydrogens (primary N) is 1. The standard InChI is InChI=1S/C17H24N3O10PS/c1-7(2)28-16(22)25-6-27-31(24)26-4-9-12(30-31)17(3,23)13(29-9)11-10-8(5-32-11)14(21)20-15(18)19-10/h5,7,9-13,23H,4,6H2,1-3H3,(H3,18,19,20,21). The Kier molecular flexibility index (Phi) is 6.31. The van der Waals surface area contributed by atoms with Crippen molar-refractivity contribution in [3.63, 3.8) is 0 Å². The third-order valence-corrected chi connectivity index (χ3v) is 7.81. The predicted octanol–water partition coefficient (Wildman–Crippen LogP) is 0.376. The van der Waals surface area contributed by atoms with Gasteiger partial charge in [0.25, 0.3) is 5.91 Å². The lowest BCUT2D eigenvalue weighted by atomic mass is 9.87. The summed E-state index contributed by atoms with van der Waals surface area (Å²) in [6.45, 7) is 3.82. The van der Waals surface area contributed by atoms with Crippen LogP contribution < -0.4 is 11.1 Å². The first-order valence-corrected chi connectivity index (χ1v) is 12.2. The first-order valence-electron chi connectivity index (χ1n) is 9.79. The molecule has 4 N–H and O–H groups in total. The number of fused-ring (bicyclic) bond motifs is 2. The van der Waals surface area contributed by atoms with Gasteiger partial charge in [-0.2, -0.15) is 0 Å². The normalized spacial score (nSPS) is 40.8. The highest BCUT2D eigenvalue weighted by atomic mass is 32.2. The summed E-state index contributed by atoms with van der Waals surface area (Å²) >= 11 is 1.28. The Labute approximate surface area is 187 Å². The molecule has 4 aliphatic rings. The highest BCUT2D eigenvalue weighted by molar-refractivity contribution is 8.03. The summed E-state index contributed by atoms with van der Waals surface area (Å²) in [6, 6.07) is -0.616. The zero-order valence-corrected chi connectivity index (χ0v) is 19.2. The van der Waals surface area contributed by atoms with Crippen LogP contribution in [0, 0.1) is 0 Å². The van der Waals surface area contributed by atoms with Crippen molar-refractivity contribution in [1.82, 2.24) is 5.32 Å². The second kappa shape index (κ2) is 8.60. The zero-order chi connectivity index (χ0) is 23.3. The molecule has 7 atom stereocenters. The molecule has 7 unspecified atom stereocenters. The highest BCUT2D eigenvalue weighted by Crippen LogP contribution is 2.58. The van der Waals surface area contributed by atoms with Crippen LogP contribution in [-0.2, 0) is 37.1 Å². The van der Waals surface area contributed by atoms with E-state index >= 15 is 0 Å². The van der Waals surface area contributed by atoms with Crippen LogP contribution >= 0.6 is 19.6 Å². The van der Waals surface area contributed by atoms with Gasteiger partial charge in [-0.05, 0) is 26.2 Å². The maximum Gasteiger partial charge on any atom is 0.510 e. The van der Waals surface area contributed by atoms with E-state index in [1.807, 2.05) is 0 Å². The van der Waals surface area contributed by atoms with E-state index in [9.17, 15) is 19.3 Å². The van der Waals surface area contributed by atoms with Crippen molar-refractivity contribution in [3.05, 3.63) is 11.0 Å². The molecular formula is C17H24N3O10PS. The van der Waals surface area contributed by atoms with Crippen LogP contribution in [0.2, 0.25) is 0 Å². The number of phosphoric acid groups is 1. The van der Waals surface area contributed by atoms with E-state index in [2.05, 4.69) is 15.0 Å². The molecule has 4 aliphatic heterocycles. The van der Waals surface area contributed by atoms with Gasteiger partial charge < -0.3 is 25.1 Å². The molecule has 0 aliphatic carbocycles. The van der Waals surface area contributed by atoms with E-state index in [-0.39, 0.29) is 18.5 Å². The molecule has 0 radical (unpaired) electrons. The van der Waals surface area contributed by atoms with Crippen LogP contribution in [0.4, 0.5) is 4.79 Å². The SMILES string of the molecule is CC(C)OC(=O)OCOP1(=O)OCC2OC(C3SC=C4C(=O)NC(N)=NC43)C(C)(O)C2O1. The topological polar surface area (TPSA) is 177 Å². The highest BCUT2D eigenvalue weighted by Gasteiger charge is 2.63. The van der Waals surface area contributed by atoms with Crippen molar-refractivity contribution in [3.8, 4) is 0 Å². The molecule has 0 aromatic heterocycles. The molecule has 32 heavy (non-hydrogen) atoms. The number of hydrogen-bond acceptors (Lipinski definition) is 13. The number of carbonyl (C=O) groups excluding carboxylic acids is 2. The summed E-state index contributed by atoms with van der Waals surface area (Å²) in [5, 5.41) is 14.9. The lowest BCUT2D eigenvalue weighted by Gasteiger charge is -2.36. The smallest absolute Gasteiger partial charge is 0.432 e. The molecule has 1 amide bonds. The number of nitrogens with zero attached hydrogens (tertiary/aromatic N) is 1. The number of aliphatic hydroxyl groups is 1. The van der Waals surface area contributed by atoms with Crippen LogP contribution in [0.1, 0.15) is 20.8 Å². The first-order chi connectivity index (χ1) is 15.0. The molecular weight excluding hydrogens is 469 g/mol. The van der Waals surface area contributed by atoms with Gasteiger partial charge in [0.05, 0.1) is 24.0 Å². The fourth-order valence-corrected chi connectivity index (χ4v) is 6.55. The Bertz CT molecular complexity index is 909. The predicted molar refractivity (Wildman–Crippen MR) is 109 cm³/mol. The van der Waals surface area contributed by atoms with Gasteiger partial charge in [-0.1, -0.05) is 0 Å². The van der Waals surface area contributed by atoms with Crippen LogP contribution in [0.5, 0.6) is 0 Å². The van der Waals surface area contributed by atoms with Gasteiger partial charge >= 0.3 is 14.0 Å². The molecule has 4 rings (SSSR count). The Morgan fingerprint density at radius 2 is 2.25 bits per heavy atom. The first kappa shape index (κ1) is 23.5. The molecule has 0 spiro atoms. The van der Waals surface area contributed by atoms with Crippen molar-refractivity contribution in [2.45, 2.75) is 62.1 Å². The lowest BCUT2D eigenvalue weighted by molar-refractivity contribution is -0.116. The van der Waals surface area contributed by atoms with Gasteiger partial charge in [0.2, 0.25) is 6.79 Å². The molecule has 2 fully saturated rings. The number of ether oxygens (including phenoxy) is 3. The van der Waals surface area contributed by atoms with Gasteiger partial charge in [0.15, 0.2) is 5.96 Å². The molecule has 15 heteroatoms. The third kappa shape index (κ3) is 4.40. The number of amides is 1. The second-order valence-electron chi connectivity index (χ2n) is 7.99. The third-order valence-electron chi connectivity index (χ3n) is 5.23. The van der Waals surface area contributed by atoms with Gasteiger partial charge in [-0.15, -0.1) is 11.8 Å². The summed E-state index contributed by atoms with van der Waals surface area (Å²) in [7, 11) is -4.16. The molecule has 13 nitrogen and oxygen atoms in total. The number of phosphoric ester groups is 1. The van der Waals surface area contributed by atoms with Gasteiger partial charge in [-0.25, -0.2) is 18.9 Å². The largest absolute Gasteiger partial charge is 0.510 e. The Balaban J connectivity index is 1.42. The Hall–Kier alpha value is -1.67. The summed E-state index contributed by atoms with van der Waals surface area (Å²) in [5.74, 6) is -0.380. The lowest BCUT2D eigenvalue weighted by Crippen LogP contribution is -2.54. The fourth-order valence-electron chi connectivity index (χ4n) is 3.83. The van der Waals surface area contributed by atoms with E-state index in [1.54, 1.807) is 19.3 Å². The van der Waals surface area contributed by atoms with Crippen molar-refractivity contribution in [1.29, 1.82) is 0 Å². The fraction of sp³-hybridized carbons (Fsp3) is 0.706. The Morgan fingerprint density at radius 3 is 2.97 bits per heavy atom. The van der Waals surface area contributed by atoms with Gasteiger partial charge in [-0.3, -0.25) is 19.2 Å². The quantitative estimate of drug-likeness (QED) is 0.273. The minimum absolute atomic E-state index is 0.0202. The minimum atomic E-state index is -4.16. The number of rotatable bonds is 5. The summed E-state index contributed by atoms with van der Waals surface area (Å²) in [5.41, 5.74) is 4.47. The molecule has 4 heterocycles. The zero-order valence-electron chi connectivity index (χ0n) is 17.5. The molecule has 0 bridgehead atoms. The average Bonchev–Trinajstić information content (AvgIpc) is 3.19. The molecule has 178 valence electrons. The number of aliphatic imine (C=N–C) groups is 1. The van der Waals surface area contributed by atoms with E-state index < -0.39 is 62.1 Å². The summed E-state index contributed by atoms with van der Waals surface area (Å²) < 4.78 is 44.0. The van der Waals surface area contributed by atoms with E-state index in [0.717, 1.165) is 0 Å². The van der Waals surface area contributed by atoms with Crippen molar-refractivity contribution < 1.29 is 47.0 Å². The monoisotopic (exact) mass is 493 g/mol. The second-order valence-corrected chi connectivity index (χ2v) is 10.7. The van der Waals surface area contributed by atoms with Crippen molar-refractivity contribution >= 4 is 37.6 Å². The maximum absolute atomic E-state index is 12.8. The van der Waals surface area contributed by atoms with Crippen LogP contribution in [0.15, 0.2) is 16.0 Å². The number of thioether (sulfide) groups is 1. The van der Waals surface area contributed by atoms with E-state index in [4.69, 9.17) is 28.8 Å². The van der Waals surface area contributed by atoms with E-state index in [1.165, 1.54) is 18.7 Å². The van der Waals surface area contributed by atoms with E-state index in [0.29, 0.717) is 5.57 Å². The van der Waals surface area contributed by atoms with Crippen molar-refractivity contribution in [2.24, 2.45) is 10.7 Å². The number of hydrogen-bond donors (Lipinski definition) is 3. The minimum Gasteiger partial charge on any atom is -0.432 e. The average molecular weight is 493 g/mol. The Morgan fingerprint density at radius 1 is 1.50 bits per heavy atom. The maximum atomic E-state index is 12.8. The summed E-state index contributed by atoms with van der Waals surface area (Å²) in [4.78, 5) is 27.9. The number of guanidine groups is 1. The molecule has 2 saturated heterocycles. The van der Waals surface area contributed by atoms with Gasteiger partial charge in [0, 0.05) is 5.57 Å². The molecule has 0 saturated carbocycles. The summed E-state index contributed by atoms with van der Waals surface area (Å²) in [6.07, 6.45) is -4.08. The van der Waals surface area contributed by atoms with Crippen LogP contribution in [0.25, 0.3) is 0 Å². The number of nitrogens with one attached hydrogen (secondary N) is 1. The van der Waals surface area contributed by atoms with Gasteiger partial charge in [0.1, 0.15) is 23.9 Å². The number of carbonyl (C=O) groups is 2. The molecule has 0 aromatic rings. The molecule has 0 aromatic carbocycles. The van der Waals surface area contributed by atoms with Crippen LogP contribution in [-0.4, -0.2) is 77.8 Å². The van der Waals surface area contributed by atoms with Crippen LogP contribution in [0.3, 0.4) is 0 Å². The van der Waals surface area contributed by atoms with Crippen molar-refractivity contribution in [2.75, 3.05) is 13.4 Å².